The molecule has 1 aromatic carbocycles. The molecule has 1 aromatic rings. The Hall–Kier alpha value is -1.55. The number of carbonyl (C=O) groups excluding carboxylic acids is 1. The lowest BCUT2D eigenvalue weighted by molar-refractivity contribution is -0.121. The Morgan fingerprint density at radius 2 is 1.86 bits per heavy atom. The van der Waals surface area contributed by atoms with Gasteiger partial charge in [-0.15, -0.1) is 0 Å². The van der Waals surface area contributed by atoms with Gasteiger partial charge in [0.1, 0.15) is 5.75 Å². The van der Waals surface area contributed by atoms with Gasteiger partial charge in [0.05, 0.1) is 7.11 Å². The minimum Gasteiger partial charge on any atom is -0.497 e. The summed E-state index contributed by atoms with van der Waals surface area (Å²) in [6, 6.07) is 7.82. The van der Waals surface area contributed by atoms with Gasteiger partial charge in [-0.1, -0.05) is 25.5 Å². The third-order valence-corrected chi connectivity index (χ3v) is 3.23. The Morgan fingerprint density at radius 3 is 2.52 bits per heavy atom. The monoisotopic (exact) mass is 293 g/mol. The van der Waals surface area contributed by atoms with Crippen molar-refractivity contribution in [3.05, 3.63) is 29.8 Å². The first-order valence-electron chi connectivity index (χ1n) is 7.73. The van der Waals surface area contributed by atoms with Crippen molar-refractivity contribution < 1.29 is 14.3 Å². The van der Waals surface area contributed by atoms with Crippen molar-refractivity contribution in [2.75, 3.05) is 26.9 Å². The van der Waals surface area contributed by atoms with Crippen molar-refractivity contribution in [1.29, 1.82) is 0 Å². The number of rotatable bonds is 11. The predicted octanol–water partition coefficient (Wildman–Crippen LogP) is 2.95. The normalized spacial score (nSPS) is 10.4. The number of hydrogen-bond donors (Lipinski definition) is 1. The van der Waals surface area contributed by atoms with Crippen molar-refractivity contribution in [2.45, 2.75) is 39.0 Å². The number of methoxy groups -OCH3 is 1. The largest absolute Gasteiger partial charge is 0.497 e. The second-order valence-corrected chi connectivity index (χ2v) is 5.02. The van der Waals surface area contributed by atoms with E-state index in [-0.39, 0.29) is 5.91 Å². The number of hydrogen-bond acceptors (Lipinski definition) is 3. The van der Waals surface area contributed by atoms with E-state index < -0.39 is 0 Å². The van der Waals surface area contributed by atoms with E-state index in [4.69, 9.17) is 9.47 Å². The molecule has 0 radical (unpaired) electrons. The van der Waals surface area contributed by atoms with Crippen LogP contribution in [0.15, 0.2) is 24.3 Å². The summed E-state index contributed by atoms with van der Waals surface area (Å²) in [4.78, 5) is 11.7. The molecule has 0 aliphatic rings. The van der Waals surface area contributed by atoms with Crippen molar-refractivity contribution in [1.82, 2.24) is 5.32 Å². The Labute approximate surface area is 127 Å². The molecule has 0 aliphatic carbocycles. The second kappa shape index (κ2) is 11.1. The third-order valence-electron chi connectivity index (χ3n) is 3.23. The molecular formula is C17H27NO3. The first-order chi connectivity index (χ1) is 10.3. The number of benzene rings is 1. The summed E-state index contributed by atoms with van der Waals surface area (Å²) in [7, 11) is 1.65. The molecule has 1 rings (SSSR count). The van der Waals surface area contributed by atoms with Crippen LogP contribution in [0, 0.1) is 0 Å². The molecule has 118 valence electrons. The second-order valence-electron chi connectivity index (χ2n) is 5.02. The third kappa shape index (κ3) is 8.35. The van der Waals surface area contributed by atoms with Crippen LogP contribution in [0.25, 0.3) is 0 Å². The Balaban J connectivity index is 2.05. The Morgan fingerprint density at radius 1 is 1.14 bits per heavy atom. The van der Waals surface area contributed by atoms with Crippen molar-refractivity contribution in [3.8, 4) is 5.75 Å². The molecule has 0 saturated carbocycles. The number of unbranched alkanes of at least 4 members (excludes halogenated alkanes) is 1. The highest BCUT2D eigenvalue weighted by Gasteiger charge is 2.02. The standard InChI is InChI=1S/C17H27NO3/c1-3-4-13-21-14-5-12-18-17(19)11-8-15-6-9-16(20-2)10-7-15/h6-7,9-10H,3-5,8,11-14H2,1-2H3,(H,18,19). The fourth-order valence-electron chi connectivity index (χ4n) is 1.89. The van der Waals surface area contributed by atoms with E-state index in [1.807, 2.05) is 24.3 Å². The van der Waals surface area contributed by atoms with Crippen LogP contribution < -0.4 is 10.1 Å². The van der Waals surface area contributed by atoms with E-state index >= 15 is 0 Å². The number of nitrogens with one attached hydrogen (secondary N) is 1. The van der Waals surface area contributed by atoms with Crippen molar-refractivity contribution in [2.24, 2.45) is 0 Å². The summed E-state index contributed by atoms with van der Waals surface area (Å²) in [6.45, 7) is 4.38. The van der Waals surface area contributed by atoms with Crippen LogP contribution in [0.3, 0.4) is 0 Å². The zero-order chi connectivity index (χ0) is 15.3. The molecule has 4 nitrogen and oxygen atoms in total. The van der Waals surface area contributed by atoms with Crippen LogP contribution in [-0.2, 0) is 16.0 Å². The molecule has 0 fully saturated rings. The van der Waals surface area contributed by atoms with E-state index in [0.717, 1.165) is 50.2 Å². The molecule has 0 aromatic heterocycles. The first kappa shape index (κ1) is 17.5. The molecule has 0 atom stereocenters. The fraction of sp³-hybridized carbons (Fsp3) is 0.588. The lowest BCUT2D eigenvalue weighted by Crippen LogP contribution is -2.25. The highest BCUT2D eigenvalue weighted by molar-refractivity contribution is 5.76. The van der Waals surface area contributed by atoms with Crippen LogP contribution in [0.1, 0.15) is 38.2 Å². The zero-order valence-corrected chi connectivity index (χ0v) is 13.2. The molecule has 21 heavy (non-hydrogen) atoms. The van der Waals surface area contributed by atoms with Gasteiger partial charge in [0.15, 0.2) is 0 Å². The first-order valence-corrected chi connectivity index (χ1v) is 7.73. The fourth-order valence-corrected chi connectivity index (χ4v) is 1.89. The van der Waals surface area contributed by atoms with Crippen LogP contribution in [0.5, 0.6) is 5.75 Å². The summed E-state index contributed by atoms with van der Waals surface area (Å²) in [6.07, 6.45) is 4.40. The summed E-state index contributed by atoms with van der Waals surface area (Å²) in [5.74, 6) is 0.936. The van der Waals surface area contributed by atoms with Gasteiger partial charge in [-0.05, 0) is 37.0 Å². The summed E-state index contributed by atoms with van der Waals surface area (Å²) < 4.78 is 10.5. The molecular weight excluding hydrogens is 266 g/mol. The highest BCUT2D eigenvalue weighted by Crippen LogP contribution is 2.12. The highest BCUT2D eigenvalue weighted by atomic mass is 16.5. The average Bonchev–Trinajstić information content (AvgIpc) is 2.52. The van der Waals surface area contributed by atoms with Crippen molar-refractivity contribution in [3.63, 3.8) is 0 Å². The van der Waals surface area contributed by atoms with Gasteiger partial charge < -0.3 is 14.8 Å². The minimum absolute atomic E-state index is 0.0966. The quantitative estimate of drug-likeness (QED) is 0.638. The minimum atomic E-state index is 0.0966. The van der Waals surface area contributed by atoms with E-state index in [9.17, 15) is 4.79 Å². The van der Waals surface area contributed by atoms with E-state index in [1.165, 1.54) is 0 Å². The van der Waals surface area contributed by atoms with Gasteiger partial charge in [-0.2, -0.15) is 0 Å². The van der Waals surface area contributed by atoms with Crippen molar-refractivity contribution >= 4 is 5.91 Å². The van der Waals surface area contributed by atoms with E-state index in [2.05, 4.69) is 12.2 Å². The van der Waals surface area contributed by atoms with E-state index in [0.29, 0.717) is 13.0 Å². The average molecular weight is 293 g/mol. The lowest BCUT2D eigenvalue weighted by atomic mass is 10.1. The molecule has 0 unspecified atom stereocenters. The smallest absolute Gasteiger partial charge is 0.220 e. The van der Waals surface area contributed by atoms with Crippen LogP contribution >= 0.6 is 0 Å². The SMILES string of the molecule is CCCCOCCCNC(=O)CCc1ccc(OC)cc1. The summed E-state index contributed by atoms with van der Waals surface area (Å²) in [5, 5.41) is 2.92. The van der Waals surface area contributed by atoms with Gasteiger partial charge in [0.25, 0.3) is 0 Å². The Kier molecular flexibility index (Phi) is 9.29. The summed E-state index contributed by atoms with van der Waals surface area (Å²) in [5.41, 5.74) is 1.15. The van der Waals surface area contributed by atoms with Gasteiger partial charge >= 0.3 is 0 Å². The number of ether oxygens (including phenoxy) is 2. The lowest BCUT2D eigenvalue weighted by Gasteiger charge is -2.06. The van der Waals surface area contributed by atoms with Gasteiger partial charge in [-0.3, -0.25) is 4.79 Å². The maximum absolute atomic E-state index is 11.7. The summed E-state index contributed by atoms with van der Waals surface area (Å²) >= 11 is 0. The van der Waals surface area contributed by atoms with E-state index in [1.54, 1.807) is 7.11 Å². The maximum Gasteiger partial charge on any atom is 0.220 e. The molecule has 1 amide bonds. The number of amides is 1. The topological polar surface area (TPSA) is 47.6 Å². The van der Waals surface area contributed by atoms with Crippen LogP contribution in [-0.4, -0.2) is 32.8 Å². The Bertz CT molecular complexity index is 390. The van der Waals surface area contributed by atoms with Gasteiger partial charge in [-0.25, -0.2) is 0 Å². The predicted molar refractivity (Wildman–Crippen MR) is 84.7 cm³/mol. The van der Waals surface area contributed by atoms with Gasteiger partial charge in [0.2, 0.25) is 5.91 Å². The number of carbonyl (C=O) groups is 1. The van der Waals surface area contributed by atoms with Crippen LogP contribution in [0.4, 0.5) is 0 Å². The molecule has 1 N–H and O–H groups in total. The maximum atomic E-state index is 11.7. The van der Waals surface area contributed by atoms with Crippen LogP contribution in [0.2, 0.25) is 0 Å². The van der Waals surface area contributed by atoms with Gasteiger partial charge in [0, 0.05) is 26.2 Å². The number of aryl methyl sites for hydroxylation is 1. The molecule has 4 heteroatoms. The molecule has 0 heterocycles. The molecule has 0 spiro atoms. The molecule has 0 bridgehead atoms. The molecule has 0 saturated heterocycles. The zero-order valence-electron chi connectivity index (χ0n) is 13.2. The molecule has 0 aliphatic heterocycles.